The van der Waals surface area contributed by atoms with E-state index in [1.54, 1.807) is 12.1 Å². The second-order valence-electron chi connectivity index (χ2n) is 3.99. The van der Waals surface area contributed by atoms with Crippen LogP contribution in [-0.2, 0) is 9.84 Å². The van der Waals surface area contributed by atoms with Gasteiger partial charge in [0.25, 0.3) is 0 Å². The minimum Gasteiger partial charge on any atom is -0.491 e. The van der Waals surface area contributed by atoms with Gasteiger partial charge in [-0.3, -0.25) is 0 Å². The first-order valence-corrected chi connectivity index (χ1v) is 6.96. The van der Waals surface area contributed by atoms with Crippen molar-refractivity contribution < 1.29 is 18.4 Å². The van der Waals surface area contributed by atoms with Gasteiger partial charge >= 0.3 is 0 Å². The van der Waals surface area contributed by atoms with Crippen LogP contribution in [0, 0.1) is 0 Å². The van der Waals surface area contributed by atoms with Gasteiger partial charge in [-0.2, -0.15) is 0 Å². The molecule has 0 spiro atoms. The van der Waals surface area contributed by atoms with Gasteiger partial charge in [0.2, 0.25) is 0 Å². The predicted octanol–water partition coefficient (Wildman–Crippen LogP) is 0.994. The Hall–Kier alpha value is -1.76. The van der Waals surface area contributed by atoms with E-state index in [0.29, 0.717) is 5.75 Å². The summed E-state index contributed by atoms with van der Waals surface area (Å²) in [7, 11) is -3.59. The van der Waals surface area contributed by atoms with E-state index in [4.69, 9.17) is 15.7 Å². The molecule has 0 saturated carbocycles. The zero-order valence-corrected chi connectivity index (χ0v) is 11.0. The number of benzene rings is 1. The van der Waals surface area contributed by atoms with E-state index in [-0.39, 0.29) is 16.8 Å². The summed E-state index contributed by atoms with van der Waals surface area (Å²) in [6.45, 7) is 3.76. The Balaban J connectivity index is 2.91. The molecule has 1 rings (SSSR count). The van der Waals surface area contributed by atoms with E-state index in [2.05, 4.69) is 5.16 Å². The SMILES string of the molecule is CC(C)Oc1ccc(S(=O)(=O)C/C(N)=N/O)cc1. The molecule has 0 radical (unpaired) electrons. The maximum Gasteiger partial charge on any atom is 0.185 e. The molecule has 0 saturated heterocycles. The van der Waals surface area contributed by atoms with Crippen LogP contribution in [0.2, 0.25) is 0 Å². The molecule has 1 aromatic carbocycles. The summed E-state index contributed by atoms with van der Waals surface area (Å²) in [6.07, 6.45) is 0.0182. The first-order chi connectivity index (χ1) is 8.35. The number of amidine groups is 1. The van der Waals surface area contributed by atoms with Crippen molar-refractivity contribution in [1.29, 1.82) is 0 Å². The van der Waals surface area contributed by atoms with E-state index >= 15 is 0 Å². The van der Waals surface area contributed by atoms with Crippen molar-refractivity contribution >= 4 is 15.7 Å². The average molecular weight is 272 g/mol. The van der Waals surface area contributed by atoms with Crippen LogP contribution in [-0.4, -0.2) is 31.3 Å². The lowest BCUT2D eigenvalue weighted by Crippen LogP contribution is -2.23. The number of sulfone groups is 1. The Bertz CT molecular complexity index is 520. The maximum absolute atomic E-state index is 11.8. The first kappa shape index (κ1) is 14.3. The summed E-state index contributed by atoms with van der Waals surface area (Å²) in [5.74, 6) is -0.279. The summed E-state index contributed by atoms with van der Waals surface area (Å²) in [6, 6.07) is 5.99. The molecule has 3 N–H and O–H groups in total. The molecule has 0 bridgehead atoms. The molecular formula is C11H16N2O4S. The van der Waals surface area contributed by atoms with Crippen LogP contribution in [0.1, 0.15) is 13.8 Å². The molecule has 7 heteroatoms. The fraction of sp³-hybridized carbons (Fsp3) is 0.364. The number of oxime groups is 1. The molecule has 0 heterocycles. The number of ether oxygens (including phenoxy) is 1. The van der Waals surface area contributed by atoms with Crippen molar-refractivity contribution in [3.63, 3.8) is 0 Å². The number of nitrogens with two attached hydrogens (primary N) is 1. The largest absolute Gasteiger partial charge is 0.491 e. The van der Waals surface area contributed by atoms with Crippen molar-refractivity contribution in [2.24, 2.45) is 10.9 Å². The van der Waals surface area contributed by atoms with E-state index in [0.717, 1.165) is 0 Å². The van der Waals surface area contributed by atoms with Crippen LogP contribution in [0.5, 0.6) is 5.75 Å². The van der Waals surface area contributed by atoms with E-state index in [1.165, 1.54) is 12.1 Å². The highest BCUT2D eigenvalue weighted by Crippen LogP contribution is 2.18. The Morgan fingerprint density at radius 2 is 1.94 bits per heavy atom. The van der Waals surface area contributed by atoms with Crippen molar-refractivity contribution in [3.05, 3.63) is 24.3 Å². The van der Waals surface area contributed by atoms with Gasteiger partial charge in [0.1, 0.15) is 11.5 Å². The molecule has 6 nitrogen and oxygen atoms in total. The Morgan fingerprint density at radius 3 is 2.39 bits per heavy atom. The van der Waals surface area contributed by atoms with Gasteiger partial charge in [0, 0.05) is 0 Å². The lowest BCUT2D eigenvalue weighted by atomic mass is 10.3. The summed E-state index contributed by atoms with van der Waals surface area (Å²) in [5, 5.41) is 11.0. The predicted molar refractivity (Wildman–Crippen MR) is 67.7 cm³/mol. The molecule has 0 aliphatic heterocycles. The monoisotopic (exact) mass is 272 g/mol. The number of nitrogens with zero attached hydrogens (tertiary/aromatic N) is 1. The third kappa shape index (κ3) is 3.92. The van der Waals surface area contributed by atoms with Gasteiger partial charge in [-0.15, -0.1) is 0 Å². The van der Waals surface area contributed by atoms with Crippen LogP contribution in [0.25, 0.3) is 0 Å². The molecule has 0 amide bonds. The highest BCUT2D eigenvalue weighted by molar-refractivity contribution is 7.92. The quantitative estimate of drug-likeness (QED) is 0.360. The van der Waals surface area contributed by atoms with Gasteiger partial charge in [0.15, 0.2) is 15.7 Å². The van der Waals surface area contributed by atoms with Gasteiger partial charge in [-0.05, 0) is 38.1 Å². The second kappa shape index (κ2) is 5.72. The lowest BCUT2D eigenvalue weighted by molar-refractivity contribution is 0.242. The van der Waals surface area contributed by atoms with E-state index in [1.807, 2.05) is 13.8 Å². The van der Waals surface area contributed by atoms with Gasteiger partial charge in [-0.1, -0.05) is 5.16 Å². The number of hydrogen-bond acceptors (Lipinski definition) is 5. The fourth-order valence-electron chi connectivity index (χ4n) is 1.30. The van der Waals surface area contributed by atoms with Crippen LogP contribution in [0.15, 0.2) is 34.3 Å². The van der Waals surface area contributed by atoms with Crippen molar-refractivity contribution in [1.82, 2.24) is 0 Å². The first-order valence-electron chi connectivity index (χ1n) is 5.31. The summed E-state index contributed by atoms with van der Waals surface area (Å²) >= 11 is 0. The highest BCUT2D eigenvalue weighted by atomic mass is 32.2. The third-order valence-electron chi connectivity index (χ3n) is 2.02. The maximum atomic E-state index is 11.8. The minimum atomic E-state index is -3.59. The van der Waals surface area contributed by atoms with E-state index in [9.17, 15) is 8.42 Å². The zero-order chi connectivity index (χ0) is 13.8. The van der Waals surface area contributed by atoms with Crippen molar-refractivity contribution in [2.75, 3.05) is 5.75 Å². The Kier molecular flexibility index (Phi) is 4.55. The Labute approximate surface area is 106 Å². The molecule has 0 fully saturated rings. The second-order valence-corrected chi connectivity index (χ2v) is 5.98. The van der Waals surface area contributed by atoms with Crippen molar-refractivity contribution in [3.8, 4) is 5.75 Å². The molecule has 100 valence electrons. The molecule has 0 aliphatic rings. The fourth-order valence-corrected chi connectivity index (χ4v) is 2.47. The van der Waals surface area contributed by atoms with Crippen LogP contribution < -0.4 is 10.5 Å². The van der Waals surface area contributed by atoms with Gasteiger partial charge in [0.05, 0.1) is 11.0 Å². The molecule has 0 aliphatic carbocycles. The number of rotatable bonds is 5. The normalized spacial score (nSPS) is 12.7. The lowest BCUT2D eigenvalue weighted by Gasteiger charge is -2.10. The summed E-state index contributed by atoms with van der Waals surface area (Å²) in [5.41, 5.74) is 5.19. The van der Waals surface area contributed by atoms with Gasteiger partial charge < -0.3 is 15.7 Å². The standard InChI is InChI=1S/C11H16N2O4S/c1-8(2)17-9-3-5-10(6-4-9)18(15,16)7-11(12)13-14/h3-6,8,14H,7H2,1-2H3,(H2,12,13). The van der Waals surface area contributed by atoms with Crippen LogP contribution in [0.3, 0.4) is 0 Å². The number of hydrogen-bond donors (Lipinski definition) is 2. The summed E-state index contributed by atoms with van der Waals surface area (Å²) < 4.78 is 29.0. The minimum absolute atomic E-state index is 0.0182. The Morgan fingerprint density at radius 1 is 1.39 bits per heavy atom. The molecule has 0 atom stereocenters. The molecule has 18 heavy (non-hydrogen) atoms. The molecular weight excluding hydrogens is 256 g/mol. The topological polar surface area (TPSA) is 102 Å². The zero-order valence-electron chi connectivity index (χ0n) is 10.2. The van der Waals surface area contributed by atoms with Crippen LogP contribution in [0.4, 0.5) is 0 Å². The molecule has 1 aromatic rings. The highest BCUT2D eigenvalue weighted by Gasteiger charge is 2.16. The van der Waals surface area contributed by atoms with Crippen molar-refractivity contribution in [2.45, 2.75) is 24.8 Å². The third-order valence-corrected chi connectivity index (χ3v) is 3.69. The molecule has 0 aromatic heterocycles. The van der Waals surface area contributed by atoms with Crippen LogP contribution >= 0.6 is 0 Å². The van der Waals surface area contributed by atoms with Gasteiger partial charge in [-0.25, -0.2) is 8.42 Å². The molecule has 0 unspecified atom stereocenters. The smallest absolute Gasteiger partial charge is 0.185 e. The summed E-state index contributed by atoms with van der Waals surface area (Å²) in [4.78, 5) is 0.102. The average Bonchev–Trinajstić information content (AvgIpc) is 2.28. The van der Waals surface area contributed by atoms with E-state index < -0.39 is 15.6 Å².